The summed E-state index contributed by atoms with van der Waals surface area (Å²) in [4.78, 5) is 51.5. The first kappa shape index (κ1) is 31.2. The predicted octanol–water partition coefficient (Wildman–Crippen LogP) is 4.39. The molecule has 0 bridgehead atoms. The molecule has 2 aromatic heterocycles. The molecule has 15 heteroatoms. The van der Waals surface area contributed by atoms with E-state index in [0.717, 1.165) is 0 Å². The normalized spacial score (nSPS) is 15.6. The number of likely N-dealkylation sites (tertiary alicyclic amines) is 1. The van der Waals surface area contributed by atoms with Crippen molar-refractivity contribution in [2.24, 2.45) is 0 Å². The van der Waals surface area contributed by atoms with Crippen LogP contribution in [0.5, 0.6) is 11.5 Å². The number of hydrogen-bond donors (Lipinski definition) is 1. The molecule has 3 aromatic rings. The van der Waals surface area contributed by atoms with Crippen molar-refractivity contribution in [1.82, 2.24) is 29.7 Å². The smallest absolute Gasteiger partial charge is 0.330 e. The van der Waals surface area contributed by atoms with Crippen LogP contribution < -0.4 is 24.6 Å². The molecule has 1 fully saturated rings. The fourth-order valence-corrected chi connectivity index (χ4v) is 5.85. The third kappa shape index (κ3) is 6.49. The molecule has 2 aliphatic heterocycles. The molecule has 44 heavy (non-hydrogen) atoms. The van der Waals surface area contributed by atoms with Crippen molar-refractivity contribution in [1.29, 1.82) is 0 Å². The van der Waals surface area contributed by atoms with Crippen LogP contribution >= 0.6 is 23.2 Å². The molecular formula is C29H33Cl2N9O4. The number of rotatable bonds is 9. The summed E-state index contributed by atoms with van der Waals surface area (Å²) < 4.78 is 10.9. The molecule has 0 aliphatic carbocycles. The molecule has 3 amide bonds. The third-order valence-electron chi connectivity index (χ3n) is 7.35. The van der Waals surface area contributed by atoms with E-state index in [1.165, 1.54) is 25.4 Å². The van der Waals surface area contributed by atoms with Gasteiger partial charge in [0.05, 0.1) is 26.5 Å². The second-order valence-electron chi connectivity index (χ2n) is 10.5. The van der Waals surface area contributed by atoms with Gasteiger partial charge in [-0.1, -0.05) is 29.3 Å². The van der Waals surface area contributed by atoms with Gasteiger partial charge in [-0.3, -0.25) is 14.6 Å². The highest BCUT2D eigenvalue weighted by Crippen LogP contribution is 2.48. The zero-order valence-electron chi connectivity index (χ0n) is 24.8. The highest BCUT2D eigenvalue weighted by Gasteiger charge is 2.41. The second-order valence-corrected chi connectivity index (χ2v) is 11.2. The number of amides is 3. The third-order valence-corrected chi connectivity index (χ3v) is 8.08. The number of carbonyl (C=O) groups excluding carboxylic acids is 2. The number of aromatic nitrogens is 4. The molecule has 1 aromatic carbocycles. The maximum absolute atomic E-state index is 14.4. The lowest BCUT2D eigenvalue weighted by Gasteiger charge is -2.43. The van der Waals surface area contributed by atoms with Gasteiger partial charge in [0.15, 0.2) is 0 Å². The largest absolute Gasteiger partial charge is 0.495 e. The molecule has 0 radical (unpaired) electrons. The van der Waals surface area contributed by atoms with Gasteiger partial charge in [-0.15, -0.1) is 0 Å². The maximum Gasteiger partial charge on any atom is 0.330 e. The summed E-state index contributed by atoms with van der Waals surface area (Å²) in [6.07, 6.45) is 9.18. The number of benzene rings is 1. The Kier molecular flexibility index (Phi) is 9.67. The number of urea groups is 1. The van der Waals surface area contributed by atoms with E-state index in [1.54, 1.807) is 40.4 Å². The summed E-state index contributed by atoms with van der Waals surface area (Å²) in [7, 11) is 6.83. The first-order valence-electron chi connectivity index (χ1n) is 13.9. The van der Waals surface area contributed by atoms with E-state index >= 15 is 0 Å². The van der Waals surface area contributed by atoms with Crippen LogP contribution in [0.15, 0.2) is 43.0 Å². The lowest BCUT2D eigenvalue weighted by molar-refractivity contribution is -0.127. The highest BCUT2D eigenvalue weighted by atomic mass is 35.5. The van der Waals surface area contributed by atoms with Gasteiger partial charge in [-0.05, 0) is 33.0 Å². The van der Waals surface area contributed by atoms with E-state index in [2.05, 4.69) is 20.3 Å². The minimum absolute atomic E-state index is 0.0574. The standard InChI is InChI=1S/C29H33Cl2N9O4/c1-37(2)11-5-6-23(41)38-12-8-19(9-13-38)40-27-18(15-33-28(36-27)35-22-7-10-32-17-34-22)16-39(29(40)42)26-24(30)20(43-3)14-21(44-4)25(26)31/h5-7,10,14-15,17,19H,8-9,11-13,16H2,1-4H3,(H,32,33,34,35,36)/b6-5+. The zero-order chi connectivity index (χ0) is 31.4. The molecule has 5 rings (SSSR count). The average Bonchev–Trinajstić information content (AvgIpc) is 3.02. The molecule has 13 nitrogen and oxygen atoms in total. The Labute approximate surface area is 265 Å². The predicted molar refractivity (Wildman–Crippen MR) is 168 cm³/mol. The lowest BCUT2D eigenvalue weighted by atomic mass is 10.0. The molecule has 0 saturated carbocycles. The van der Waals surface area contributed by atoms with Gasteiger partial charge in [0.1, 0.15) is 39.5 Å². The molecule has 232 valence electrons. The van der Waals surface area contributed by atoms with Crippen LogP contribution in [0.1, 0.15) is 18.4 Å². The number of anilines is 4. The van der Waals surface area contributed by atoms with Crippen molar-refractivity contribution in [3.05, 3.63) is 58.6 Å². The lowest BCUT2D eigenvalue weighted by Crippen LogP contribution is -2.55. The van der Waals surface area contributed by atoms with Crippen molar-refractivity contribution >= 4 is 58.4 Å². The van der Waals surface area contributed by atoms with E-state index in [-0.39, 0.29) is 46.2 Å². The van der Waals surface area contributed by atoms with E-state index in [4.69, 9.17) is 37.7 Å². The first-order valence-corrected chi connectivity index (χ1v) is 14.7. The van der Waals surface area contributed by atoms with Crippen LogP contribution in [0.2, 0.25) is 10.0 Å². The molecule has 1 saturated heterocycles. The molecule has 4 heterocycles. The molecule has 0 atom stereocenters. The minimum Gasteiger partial charge on any atom is -0.495 e. The summed E-state index contributed by atoms with van der Waals surface area (Å²) in [5, 5.41) is 3.41. The number of carbonyl (C=O) groups is 2. The van der Waals surface area contributed by atoms with Crippen LogP contribution in [-0.2, 0) is 11.3 Å². The Balaban J connectivity index is 1.50. The van der Waals surface area contributed by atoms with Crippen LogP contribution in [0.4, 0.5) is 28.1 Å². The van der Waals surface area contributed by atoms with Crippen molar-refractivity contribution < 1.29 is 19.1 Å². The summed E-state index contributed by atoms with van der Waals surface area (Å²) in [5.41, 5.74) is 0.934. The van der Waals surface area contributed by atoms with Gasteiger partial charge < -0.3 is 24.6 Å². The Morgan fingerprint density at radius 1 is 1.14 bits per heavy atom. The van der Waals surface area contributed by atoms with Gasteiger partial charge in [0.25, 0.3) is 0 Å². The number of halogens is 2. The van der Waals surface area contributed by atoms with Gasteiger partial charge in [0, 0.05) is 55.8 Å². The number of fused-ring (bicyclic) bond motifs is 1. The SMILES string of the molecule is COc1cc(OC)c(Cl)c(N2Cc3cnc(Nc4ccncn4)nc3N(C3CCN(C(=O)/C=C/CN(C)C)CC3)C2=O)c1Cl. The quantitative estimate of drug-likeness (QED) is 0.336. The van der Waals surface area contributed by atoms with Crippen LogP contribution in [-0.4, -0.2) is 95.7 Å². The average molecular weight is 643 g/mol. The number of ether oxygens (including phenoxy) is 2. The van der Waals surface area contributed by atoms with Crippen LogP contribution in [0.3, 0.4) is 0 Å². The zero-order valence-corrected chi connectivity index (χ0v) is 26.3. The Morgan fingerprint density at radius 3 is 2.45 bits per heavy atom. The highest BCUT2D eigenvalue weighted by molar-refractivity contribution is 6.42. The number of nitrogens with one attached hydrogen (secondary N) is 1. The summed E-state index contributed by atoms with van der Waals surface area (Å²) in [6, 6.07) is 2.61. The van der Waals surface area contributed by atoms with E-state index < -0.39 is 0 Å². The minimum atomic E-state index is -0.376. The van der Waals surface area contributed by atoms with Gasteiger partial charge in [-0.25, -0.2) is 19.7 Å². The van der Waals surface area contributed by atoms with Crippen molar-refractivity contribution in [3.63, 3.8) is 0 Å². The molecule has 1 N–H and O–H groups in total. The van der Waals surface area contributed by atoms with Gasteiger partial charge >= 0.3 is 6.03 Å². The molecule has 2 aliphatic rings. The van der Waals surface area contributed by atoms with Crippen LogP contribution in [0.25, 0.3) is 0 Å². The van der Waals surface area contributed by atoms with E-state index in [9.17, 15) is 9.59 Å². The maximum atomic E-state index is 14.4. The molecule has 0 unspecified atom stereocenters. The first-order chi connectivity index (χ1) is 21.2. The monoisotopic (exact) mass is 641 g/mol. The summed E-state index contributed by atoms with van der Waals surface area (Å²) >= 11 is 13.5. The van der Waals surface area contributed by atoms with Crippen molar-refractivity contribution in [2.45, 2.75) is 25.4 Å². The number of hydrogen-bond acceptors (Lipinski definition) is 10. The number of methoxy groups -OCH3 is 2. The second kappa shape index (κ2) is 13.6. The molecule has 0 spiro atoms. The number of likely N-dealkylation sites (N-methyl/N-ethyl adjacent to an activating group) is 1. The fraction of sp³-hybridized carbons (Fsp3) is 0.379. The Morgan fingerprint density at radius 2 is 1.84 bits per heavy atom. The Hall–Kier alpha value is -4.20. The summed E-state index contributed by atoms with van der Waals surface area (Å²) in [6.45, 7) is 1.71. The van der Waals surface area contributed by atoms with Crippen LogP contribution in [0, 0.1) is 0 Å². The van der Waals surface area contributed by atoms with E-state index in [1.807, 2.05) is 25.1 Å². The fourth-order valence-electron chi connectivity index (χ4n) is 5.14. The van der Waals surface area contributed by atoms with Gasteiger partial charge in [0.2, 0.25) is 11.9 Å². The Bertz CT molecular complexity index is 1520. The molecular weight excluding hydrogens is 609 g/mol. The van der Waals surface area contributed by atoms with E-state index in [0.29, 0.717) is 61.2 Å². The van der Waals surface area contributed by atoms with Gasteiger partial charge in [-0.2, -0.15) is 4.98 Å². The number of piperidine rings is 1. The number of nitrogens with zero attached hydrogens (tertiary/aromatic N) is 8. The summed E-state index contributed by atoms with van der Waals surface area (Å²) in [5.74, 6) is 1.79. The topological polar surface area (TPSA) is 129 Å². The van der Waals surface area contributed by atoms with Crippen molar-refractivity contribution in [2.75, 3.05) is 63.1 Å². The van der Waals surface area contributed by atoms with Crippen molar-refractivity contribution in [3.8, 4) is 11.5 Å².